The van der Waals surface area contributed by atoms with E-state index < -0.39 is 0 Å². The van der Waals surface area contributed by atoms with Crippen molar-refractivity contribution in [1.82, 2.24) is 0 Å². The molecule has 0 saturated heterocycles. The van der Waals surface area contributed by atoms with Crippen LogP contribution in [0.4, 0.5) is 5.69 Å². The van der Waals surface area contributed by atoms with E-state index in [1.54, 1.807) is 0 Å². The Morgan fingerprint density at radius 2 is 1.85 bits per heavy atom. The van der Waals surface area contributed by atoms with Gasteiger partial charge in [0.1, 0.15) is 5.76 Å². The summed E-state index contributed by atoms with van der Waals surface area (Å²) < 4.78 is 7.21. The van der Waals surface area contributed by atoms with Crippen molar-refractivity contribution in [2.24, 2.45) is 0 Å². The molecule has 0 bridgehead atoms. The Morgan fingerprint density at radius 1 is 1.10 bits per heavy atom. The van der Waals surface area contributed by atoms with Crippen molar-refractivity contribution < 1.29 is 4.42 Å². The molecule has 2 aromatic rings. The van der Waals surface area contributed by atoms with Crippen molar-refractivity contribution in [3.63, 3.8) is 0 Å². The van der Waals surface area contributed by atoms with E-state index in [-0.39, 0.29) is 0 Å². The summed E-state index contributed by atoms with van der Waals surface area (Å²) in [4.78, 5) is 0. The Labute approximate surface area is 137 Å². The third-order valence-corrected chi connectivity index (χ3v) is 4.90. The molecule has 1 aromatic heterocycles. The van der Waals surface area contributed by atoms with Crippen LogP contribution in [0.3, 0.4) is 0 Å². The predicted octanol–water partition coefficient (Wildman–Crippen LogP) is 6.15. The summed E-state index contributed by atoms with van der Waals surface area (Å²) in [6.07, 6.45) is 5.03. The molecule has 20 heavy (non-hydrogen) atoms. The quantitative estimate of drug-likeness (QED) is 0.563. The van der Waals surface area contributed by atoms with Crippen LogP contribution in [-0.2, 0) is 13.0 Å². The minimum Gasteiger partial charge on any atom is -0.451 e. The monoisotopic (exact) mass is 399 g/mol. The van der Waals surface area contributed by atoms with Crippen molar-refractivity contribution in [1.29, 1.82) is 0 Å². The van der Waals surface area contributed by atoms with Crippen molar-refractivity contribution in [3.8, 4) is 0 Å². The second-order valence-corrected chi connectivity index (χ2v) is 6.42. The Balaban J connectivity index is 1.84. The van der Waals surface area contributed by atoms with Gasteiger partial charge in [-0.05, 0) is 68.5 Å². The zero-order valence-corrected chi connectivity index (χ0v) is 14.8. The molecule has 0 atom stereocenters. The van der Waals surface area contributed by atoms with Crippen LogP contribution < -0.4 is 5.32 Å². The van der Waals surface area contributed by atoms with Crippen molar-refractivity contribution in [2.45, 2.75) is 39.2 Å². The molecule has 0 saturated carbocycles. The number of benzene rings is 1. The first kappa shape index (κ1) is 15.6. The van der Waals surface area contributed by atoms with E-state index in [0.717, 1.165) is 20.6 Å². The van der Waals surface area contributed by atoms with Gasteiger partial charge >= 0.3 is 0 Å². The van der Waals surface area contributed by atoms with E-state index in [9.17, 15) is 0 Å². The molecule has 1 heterocycles. The predicted molar refractivity (Wildman–Crippen MR) is 91.1 cm³/mol. The average molecular weight is 401 g/mol. The van der Waals surface area contributed by atoms with Gasteiger partial charge in [-0.2, -0.15) is 0 Å². The third-order valence-electron chi connectivity index (χ3n) is 3.19. The highest BCUT2D eigenvalue weighted by molar-refractivity contribution is 9.13. The lowest BCUT2D eigenvalue weighted by Gasteiger charge is -2.06. The molecule has 0 aliphatic carbocycles. The van der Waals surface area contributed by atoms with Crippen molar-refractivity contribution in [3.05, 3.63) is 50.8 Å². The van der Waals surface area contributed by atoms with Crippen LogP contribution in [0.2, 0.25) is 0 Å². The Hall–Kier alpha value is -0.740. The number of hydrogen-bond donors (Lipinski definition) is 1. The minimum atomic E-state index is 0.680. The van der Waals surface area contributed by atoms with E-state index in [1.807, 2.05) is 6.07 Å². The molecule has 0 fully saturated rings. The number of rotatable bonds is 7. The first-order chi connectivity index (χ1) is 9.69. The zero-order valence-electron chi connectivity index (χ0n) is 11.6. The molecule has 0 aliphatic rings. The lowest BCUT2D eigenvalue weighted by molar-refractivity contribution is 0.494. The maximum Gasteiger partial charge on any atom is 0.183 e. The van der Waals surface area contributed by atoms with Crippen LogP contribution in [0.15, 0.2) is 43.9 Å². The van der Waals surface area contributed by atoms with Crippen LogP contribution in [-0.4, -0.2) is 0 Å². The minimum absolute atomic E-state index is 0.680. The topological polar surface area (TPSA) is 25.2 Å². The van der Waals surface area contributed by atoms with Gasteiger partial charge in [-0.3, -0.25) is 0 Å². The van der Waals surface area contributed by atoms with Gasteiger partial charge in [0.2, 0.25) is 0 Å². The smallest absolute Gasteiger partial charge is 0.183 e. The molecule has 0 unspecified atom stereocenters. The Morgan fingerprint density at radius 3 is 2.45 bits per heavy atom. The van der Waals surface area contributed by atoms with Crippen molar-refractivity contribution >= 4 is 37.5 Å². The summed E-state index contributed by atoms with van der Waals surface area (Å²) >= 11 is 6.75. The number of furan rings is 1. The molecular formula is C16H19Br2NO. The molecular weight excluding hydrogens is 382 g/mol. The number of halogens is 2. The molecule has 1 N–H and O–H groups in total. The Kier molecular flexibility index (Phi) is 6.17. The molecule has 0 aliphatic heterocycles. The van der Waals surface area contributed by atoms with Gasteiger partial charge in [0.15, 0.2) is 4.67 Å². The number of hydrogen-bond acceptors (Lipinski definition) is 2. The van der Waals surface area contributed by atoms with E-state index in [1.165, 1.54) is 31.2 Å². The summed E-state index contributed by atoms with van der Waals surface area (Å²) in [6, 6.07) is 10.6. The molecule has 0 radical (unpaired) electrons. The second-order valence-electron chi connectivity index (χ2n) is 4.84. The van der Waals surface area contributed by atoms with Gasteiger partial charge in [0.05, 0.1) is 11.0 Å². The van der Waals surface area contributed by atoms with Crippen LogP contribution in [0, 0.1) is 0 Å². The zero-order chi connectivity index (χ0) is 14.4. The fourth-order valence-corrected chi connectivity index (χ4v) is 2.69. The molecule has 4 heteroatoms. The lowest BCUT2D eigenvalue weighted by Crippen LogP contribution is -1.98. The van der Waals surface area contributed by atoms with E-state index >= 15 is 0 Å². The van der Waals surface area contributed by atoms with E-state index in [2.05, 4.69) is 68.4 Å². The molecule has 1 aromatic carbocycles. The van der Waals surface area contributed by atoms with Gasteiger partial charge < -0.3 is 9.73 Å². The SMILES string of the molecule is CCCCCc1ccc(NCc2cc(Br)c(Br)o2)cc1. The normalized spacial score (nSPS) is 10.8. The highest BCUT2D eigenvalue weighted by atomic mass is 79.9. The van der Waals surface area contributed by atoms with Crippen LogP contribution >= 0.6 is 31.9 Å². The third kappa shape index (κ3) is 4.67. The van der Waals surface area contributed by atoms with Crippen LogP contribution in [0.25, 0.3) is 0 Å². The molecule has 108 valence electrons. The molecule has 0 amide bonds. The number of nitrogens with one attached hydrogen (secondary N) is 1. The van der Waals surface area contributed by atoms with Gasteiger partial charge in [0, 0.05) is 5.69 Å². The Bertz CT molecular complexity index is 514. The highest BCUT2D eigenvalue weighted by Gasteiger charge is 2.05. The summed E-state index contributed by atoms with van der Waals surface area (Å²) in [5.74, 6) is 0.899. The number of anilines is 1. The highest BCUT2D eigenvalue weighted by Crippen LogP contribution is 2.27. The summed E-state index contributed by atoms with van der Waals surface area (Å²) in [6.45, 7) is 2.91. The largest absolute Gasteiger partial charge is 0.451 e. The summed E-state index contributed by atoms with van der Waals surface area (Å²) in [5.41, 5.74) is 2.53. The molecule has 0 spiro atoms. The standard InChI is InChI=1S/C16H19Br2NO/c1-2-3-4-5-12-6-8-13(9-7-12)19-11-14-10-15(17)16(18)20-14/h6-10,19H,2-5,11H2,1H3. The fourth-order valence-electron chi connectivity index (χ4n) is 2.04. The summed E-state index contributed by atoms with van der Waals surface area (Å²) in [5, 5.41) is 3.36. The number of unbranched alkanes of at least 4 members (excludes halogenated alkanes) is 2. The maximum absolute atomic E-state index is 5.53. The van der Waals surface area contributed by atoms with E-state index in [4.69, 9.17) is 4.42 Å². The van der Waals surface area contributed by atoms with Gasteiger partial charge in [-0.25, -0.2) is 0 Å². The summed E-state index contributed by atoms with van der Waals surface area (Å²) in [7, 11) is 0. The van der Waals surface area contributed by atoms with Gasteiger partial charge in [-0.15, -0.1) is 0 Å². The first-order valence-electron chi connectivity index (χ1n) is 6.95. The van der Waals surface area contributed by atoms with Gasteiger partial charge in [-0.1, -0.05) is 31.9 Å². The van der Waals surface area contributed by atoms with Crippen molar-refractivity contribution in [2.75, 3.05) is 5.32 Å². The van der Waals surface area contributed by atoms with Crippen LogP contribution in [0.1, 0.15) is 37.5 Å². The van der Waals surface area contributed by atoms with Gasteiger partial charge in [0.25, 0.3) is 0 Å². The average Bonchev–Trinajstić information content (AvgIpc) is 2.77. The first-order valence-corrected chi connectivity index (χ1v) is 8.54. The lowest BCUT2D eigenvalue weighted by atomic mass is 10.1. The molecule has 2 nitrogen and oxygen atoms in total. The maximum atomic E-state index is 5.53. The number of aryl methyl sites for hydroxylation is 1. The second kappa shape index (κ2) is 7.89. The molecule has 2 rings (SSSR count). The fraction of sp³-hybridized carbons (Fsp3) is 0.375. The van der Waals surface area contributed by atoms with Crippen LogP contribution in [0.5, 0.6) is 0 Å². The van der Waals surface area contributed by atoms with E-state index in [0.29, 0.717) is 6.54 Å².